The van der Waals surface area contributed by atoms with Gasteiger partial charge in [-0.1, -0.05) is 24.8 Å². The summed E-state index contributed by atoms with van der Waals surface area (Å²) in [6.07, 6.45) is 3.72. The van der Waals surface area contributed by atoms with Crippen LogP contribution in [0, 0.1) is 6.92 Å². The number of rotatable bonds is 6. The molecule has 1 N–H and O–H groups in total. The zero-order valence-corrected chi connectivity index (χ0v) is 12.2. The van der Waals surface area contributed by atoms with Crippen LogP contribution >= 0.6 is 23.1 Å². The Morgan fingerprint density at radius 2 is 2.17 bits per heavy atom. The van der Waals surface area contributed by atoms with Gasteiger partial charge in [0.15, 0.2) is 5.16 Å². The fraction of sp³-hybridized carbons (Fsp3) is 0.385. The molecule has 2 aromatic heterocycles. The van der Waals surface area contributed by atoms with Gasteiger partial charge >= 0.3 is 0 Å². The van der Waals surface area contributed by atoms with Crippen LogP contribution in [0.2, 0.25) is 0 Å². The third kappa shape index (κ3) is 4.40. The molecule has 5 heteroatoms. The molecule has 0 saturated carbocycles. The zero-order valence-electron chi connectivity index (χ0n) is 10.6. The molecule has 0 aliphatic heterocycles. The molecule has 0 saturated heterocycles. The van der Waals surface area contributed by atoms with Gasteiger partial charge in [-0.3, -0.25) is 0 Å². The Balaban J connectivity index is 1.71. The minimum Gasteiger partial charge on any atom is -0.311 e. The van der Waals surface area contributed by atoms with Crippen LogP contribution in [0.25, 0.3) is 0 Å². The highest BCUT2D eigenvalue weighted by Crippen LogP contribution is 2.18. The summed E-state index contributed by atoms with van der Waals surface area (Å²) < 4.78 is 0. The Bertz CT molecular complexity index is 454. The molecule has 1 atom stereocenters. The van der Waals surface area contributed by atoms with Crippen LogP contribution in [0.15, 0.2) is 35.1 Å². The van der Waals surface area contributed by atoms with E-state index in [1.807, 2.05) is 19.3 Å². The van der Waals surface area contributed by atoms with Crippen molar-refractivity contribution in [2.24, 2.45) is 0 Å². The van der Waals surface area contributed by atoms with Crippen LogP contribution in [0.3, 0.4) is 0 Å². The second-order valence-electron chi connectivity index (χ2n) is 4.18. The minimum absolute atomic E-state index is 0.465. The molecule has 0 bridgehead atoms. The highest BCUT2D eigenvalue weighted by atomic mass is 32.2. The topological polar surface area (TPSA) is 37.8 Å². The van der Waals surface area contributed by atoms with Crippen LogP contribution < -0.4 is 5.32 Å². The van der Waals surface area contributed by atoms with Crippen molar-refractivity contribution in [3.8, 4) is 0 Å². The summed E-state index contributed by atoms with van der Waals surface area (Å²) in [4.78, 5) is 9.98. The first kappa shape index (κ1) is 13.5. The van der Waals surface area contributed by atoms with E-state index in [2.05, 4.69) is 39.7 Å². The van der Waals surface area contributed by atoms with Crippen molar-refractivity contribution in [1.29, 1.82) is 0 Å². The van der Waals surface area contributed by atoms with Crippen molar-refractivity contribution >= 4 is 23.1 Å². The molecule has 0 spiro atoms. The standard InChI is InChI=1S/C13H17N3S2/c1-10-6-15-13(16-7-10)18-11(2)8-14-9-12-4-3-5-17-12/h3-7,11,14H,8-9H2,1-2H3. The molecule has 2 heterocycles. The van der Waals surface area contributed by atoms with Gasteiger partial charge in [0.2, 0.25) is 0 Å². The molecular weight excluding hydrogens is 262 g/mol. The summed E-state index contributed by atoms with van der Waals surface area (Å²) in [6.45, 7) is 6.09. The minimum atomic E-state index is 0.465. The summed E-state index contributed by atoms with van der Waals surface area (Å²) in [5.41, 5.74) is 1.10. The van der Waals surface area contributed by atoms with E-state index in [4.69, 9.17) is 0 Å². The molecule has 2 rings (SSSR count). The average Bonchev–Trinajstić information content (AvgIpc) is 2.85. The molecule has 1 unspecified atom stereocenters. The van der Waals surface area contributed by atoms with Gasteiger partial charge in [-0.15, -0.1) is 11.3 Å². The van der Waals surface area contributed by atoms with Crippen molar-refractivity contribution in [2.45, 2.75) is 30.8 Å². The molecule has 18 heavy (non-hydrogen) atoms. The third-order valence-corrected chi connectivity index (χ3v) is 4.24. The van der Waals surface area contributed by atoms with Gasteiger partial charge in [-0.2, -0.15) is 0 Å². The fourth-order valence-electron chi connectivity index (χ4n) is 1.48. The molecule has 0 amide bonds. The Labute approximate surface area is 116 Å². The number of hydrogen-bond donors (Lipinski definition) is 1. The first-order chi connectivity index (χ1) is 8.74. The van der Waals surface area contributed by atoms with Crippen LogP contribution in [0.1, 0.15) is 17.4 Å². The first-order valence-electron chi connectivity index (χ1n) is 5.92. The lowest BCUT2D eigenvalue weighted by molar-refractivity contribution is 0.689. The van der Waals surface area contributed by atoms with E-state index in [1.54, 1.807) is 23.1 Å². The van der Waals surface area contributed by atoms with E-state index in [1.165, 1.54) is 4.88 Å². The van der Waals surface area contributed by atoms with Gasteiger partial charge in [0.05, 0.1) is 0 Å². The summed E-state index contributed by atoms with van der Waals surface area (Å²) in [6, 6.07) is 4.23. The first-order valence-corrected chi connectivity index (χ1v) is 7.68. The number of thiophene rings is 1. The van der Waals surface area contributed by atoms with Crippen LogP contribution in [0.4, 0.5) is 0 Å². The summed E-state index contributed by atoms with van der Waals surface area (Å²) in [5, 5.41) is 6.88. The maximum absolute atomic E-state index is 4.30. The SMILES string of the molecule is Cc1cnc(SC(C)CNCc2cccs2)nc1. The number of nitrogens with one attached hydrogen (secondary N) is 1. The van der Waals surface area contributed by atoms with Crippen LogP contribution in [-0.2, 0) is 6.54 Å². The van der Waals surface area contributed by atoms with E-state index in [9.17, 15) is 0 Å². The summed E-state index contributed by atoms with van der Waals surface area (Å²) in [7, 11) is 0. The molecule has 3 nitrogen and oxygen atoms in total. The lowest BCUT2D eigenvalue weighted by atomic mass is 10.4. The number of aryl methyl sites for hydroxylation is 1. The molecule has 2 aromatic rings. The van der Waals surface area contributed by atoms with Crippen LogP contribution in [-0.4, -0.2) is 21.8 Å². The Hall–Kier alpha value is -0.910. The predicted molar refractivity (Wildman–Crippen MR) is 78.1 cm³/mol. The van der Waals surface area contributed by atoms with E-state index < -0.39 is 0 Å². The average molecular weight is 279 g/mol. The highest BCUT2D eigenvalue weighted by Gasteiger charge is 2.06. The zero-order chi connectivity index (χ0) is 12.8. The van der Waals surface area contributed by atoms with Crippen molar-refractivity contribution < 1.29 is 0 Å². The maximum atomic E-state index is 4.30. The van der Waals surface area contributed by atoms with E-state index in [0.29, 0.717) is 5.25 Å². The smallest absolute Gasteiger partial charge is 0.187 e. The molecule has 0 fully saturated rings. The fourth-order valence-corrected chi connectivity index (χ4v) is 2.94. The number of thioether (sulfide) groups is 1. The quantitative estimate of drug-likeness (QED) is 0.651. The highest BCUT2D eigenvalue weighted by molar-refractivity contribution is 7.99. The molecule has 96 valence electrons. The van der Waals surface area contributed by atoms with E-state index >= 15 is 0 Å². The van der Waals surface area contributed by atoms with Gasteiger partial charge in [0.1, 0.15) is 0 Å². The van der Waals surface area contributed by atoms with Gasteiger partial charge in [0.25, 0.3) is 0 Å². The summed E-state index contributed by atoms with van der Waals surface area (Å²) in [5.74, 6) is 0. The number of nitrogens with zero attached hydrogens (tertiary/aromatic N) is 2. The maximum Gasteiger partial charge on any atom is 0.187 e. The van der Waals surface area contributed by atoms with Crippen molar-refractivity contribution in [1.82, 2.24) is 15.3 Å². The van der Waals surface area contributed by atoms with Crippen molar-refractivity contribution in [3.05, 3.63) is 40.3 Å². The molecule has 0 aliphatic carbocycles. The summed E-state index contributed by atoms with van der Waals surface area (Å²) >= 11 is 3.49. The molecular formula is C13H17N3S2. The van der Waals surface area contributed by atoms with Gasteiger partial charge in [-0.25, -0.2) is 9.97 Å². The Morgan fingerprint density at radius 3 is 2.83 bits per heavy atom. The monoisotopic (exact) mass is 279 g/mol. The van der Waals surface area contributed by atoms with Crippen molar-refractivity contribution in [2.75, 3.05) is 6.54 Å². The second-order valence-corrected chi connectivity index (χ2v) is 6.62. The van der Waals surface area contributed by atoms with Gasteiger partial charge in [0, 0.05) is 35.6 Å². The Morgan fingerprint density at radius 1 is 1.39 bits per heavy atom. The molecule has 0 aliphatic rings. The molecule has 0 radical (unpaired) electrons. The van der Waals surface area contributed by atoms with Gasteiger partial charge in [-0.05, 0) is 23.9 Å². The lowest BCUT2D eigenvalue weighted by Gasteiger charge is -2.10. The van der Waals surface area contributed by atoms with E-state index in [0.717, 1.165) is 23.8 Å². The third-order valence-electron chi connectivity index (χ3n) is 2.37. The normalized spacial score (nSPS) is 12.6. The Kier molecular flexibility index (Phi) is 5.16. The van der Waals surface area contributed by atoms with Crippen molar-refractivity contribution in [3.63, 3.8) is 0 Å². The van der Waals surface area contributed by atoms with E-state index in [-0.39, 0.29) is 0 Å². The predicted octanol–water partition coefficient (Wildman–Crippen LogP) is 3.12. The van der Waals surface area contributed by atoms with Crippen LogP contribution in [0.5, 0.6) is 0 Å². The second kappa shape index (κ2) is 6.87. The lowest BCUT2D eigenvalue weighted by Crippen LogP contribution is -2.22. The largest absolute Gasteiger partial charge is 0.311 e. The molecule has 0 aromatic carbocycles. The van der Waals surface area contributed by atoms with Gasteiger partial charge < -0.3 is 5.32 Å². The number of hydrogen-bond acceptors (Lipinski definition) is 5. The number of aromatic nitrogens is 2.